The maximum atomic E-state index is 5.95. The van der Waals surface area contributed by atoms with Gasteiger partial charge in [0.1, 0.15) is 5.65 Å². The van der Waals surface area contributed by atoms with Gasteiger partial charge in [-0.3, -0.25) is 0 Å². The summed E-state index contributed by atoms with van der Waals surface area (Å²) in [5.74, 6) is 0.837. The summed E-state index contributed by atoms with van der Waals surface area (Å²) in [6, 6.07) is 74.2. The van der Waals surface area contributed by atoms with Gasteiger partial charge in [0.05, 0.1) is 22.4 Å². The first-order chi connectivity index (χ1) is 33.5. The van der Waals surface area contributed by atoms with Gasteiger partial charge in [-0.05, 0) is 118 Å². The molecule has 344 valence electrons. The Balaban J connectivity index is 0.00000533. The van der Waals surface area contributed by atoms with Gasteiger partial charge in [0.2, 0.25) is 0 Å². The van der Waals surface area contributed by atoms with E-state index >= 15 is 0 Å². The summed E-state index contributed by atoms with van der Waals surface area (Å²) in [4.78, 5) is 13.5. The normalized spacial score (nSPS) is 15.6. The number of anilines is 1. The Morgan fingerprint density at radius 1 is 0.500 bits per heavy atom. The third-order valence-electron chi connectivity index (χ3n) is 15.0. The Bertz CT molecular complexity index is 3770. The van der Waals surface area contributed by atoms with Crippen LogP contribution in [0.2, 0.25) is 0 Å². The fourth-order valence-electron chi connectivity index (χ4n) is 11.4. The van der Waals surface area contributed by atoms with E-state index < -0.39 is 11.1 Å². The summed E-state index contributed by atoms with van der Waals surface area (Å²) in [7, 11) is 0. The molecule has 11 aromatic rings. The number of nitrogens with zero attached hydrogens (tertiary/aromatic N) is 5. The summed E-state index contributed by atoms with van der Waals surface area (Å²) < 4.78 is 4.63. The number of aliphatic imine (C=N–C) groups is 1. The van der Waals surface area contributed by atoms with E-state index in [1.54, 1.807) is 0 Å². The number of aryl methyl sites for hydroxylation is 4. The molecule has 12 rings (SSSR count). The molecule has 1 aliphatic rings. The molecule has 0 amide bonds. The van der Waals surface area contributed by atoms with Crippen molar-refractivity contribution in [1.29, 1.82) is 0 Å². The van der Waals surface area contributed by atoms with Crippen molar-refractivity contribution in [2.75, 3.05) is 4.90 Å². The molecule has 6 heteroatoms. The first kappa shape index (κ1) is 45.1. The molecule has 8 aromatic carbocycles. The van der Waals surface area contributed by atoms with E-state index in [2.05, 4.69) is 251 Å². The van der Waals surface area contributed by atoms with Gasteiger partial charge < -0.3 is 19.0 Å². The number of hydrogen-bond acceptors (Lipinski definition) is 3. The number of hydrogen-bond donors (Lipinski definition) is 0. The van der Waals surface area contributed by atoms with Crippen molar-refractivity contribution in [3.8, 4) is 22.5 Å². The Labute approximate surface area is 425 Å². The van der Waals surface area contributed by atoms with Crippen molar-refractivity contribution < 1.29 is 21.1 Å². The number of pyridine rings is 1. The summed E-state index contributed by atoms with van der Waals surface area (Å²) in [6.45, 7) is 15.9. The molecule has 0 fully saturated rings. The number of amidine groups is 1. The monoisotopic (exact) mass is 1090 g/mol. The maximum Gasteiger partial charge on any atom is 2.00 e. The quantitative estimate of drug-likeness (QED) is 0.142. The van der Waals surface area contributed by atoms with Crippen molar-refractivity contribution in [3.63, 3.8) is 0 Å². The number of fused-ring (bicyclic) bond motifs is 6. The fourth-order valence-corrected chi connectivity index (χ4v) is 11.4. The van der Waals surface area contributed by atoms with Crippen LogP contribution in [0.15, 0.2) is 193 Å². The van der Waals surface area contributed by atoms with Crippen LogP contribution >= 0.6 is 0 Å². The first-order valence-electron chi connectivity index (χ1n) is 24.0. The van der Waals surface area contributed by atoms with Crippen LogP contribution in [0, 0.1) is 39.8 Å². The van der Waals surface area contributed by atoms with E-state index in [0.29, 0.717) is 0 Å². The number of aromatic nitrogens is 3. The van der Waals surface area contributed by atoms with Gasteiger partial charge in [-0.1, -0.05) is 155 Å². The zero-order valence-electron chi connectivity index (χ0n) is 40.5. The molecule has 0 saturated heterocycles. The third-order valence-corrected chi connectivity index (χ3v) is 15.0. The molecule has 0 aliphatic carbocycles. The van der Waals surface area contributed by atoms with E-state index in [1.807, 2.05) is 12.3 Å². The minimum absolute atomic E-state index is 0. The number of para-hydroxylation sites is 1. The van der Waals surface area contributed by atoms with Crippen LogP contribution in [0.1, 0.15) is 65.6 Å². The summed E-state index contributed by atoms with van der Waals surface area (Å²) >= 11 is 0. The van der Waals surface area contributed by atoms with Gasteiger partial charge >= 0.3 is 21.1 Å². The first-order valence-corrected chi connectivity index (χ1v) is 24.0. The summed E-state index contributed by atoms with van der Waals surface area (Å²) in [5.41, 5.74) is 16.3. The molecule has 1 atom stereocenters. The number of benzene rings is 8. The number of rotatable bonds is 8. The second-order valence-corrected chi connectivity index (χ2v) is 19.7. The molecule has 5 nitrogen and oxygen atoms in total. The standard InChI is InChI=1S/C64H53N5.Pt/c1-41-28-32-56-54(35-41)52-31-30-50(68-57-33-29-42(2)36-55(57)53-27-18-34-65-62(53)68)40-58(52)67(56)51-38-48(45-21-11-8-12-22-45)37-49(39-51)61-66-63(5,6)64(7,69(61)60-43(3)19-17-20-44(60)4)59(46-23-13-9-14-24-46)47-25-15-10-16-26-47;/h8-38,59H,1-7H3;/q-2;+2/t64-;/m0./s1. The minimum Gasteiger partial charge on any atom is -0.357 e. The minimum atomic E-state index is -0.597. The van der Waals surface area contributed by atoms with Crippen LogP contribution in [-0.2, 0) is 21.1 Å². The molecular formula is C64H53N5Pt. The largest absolute Gasteiger partial charge is 2.00 e. The average molecular weight is 1090 g/mol. The smallest absolute Gasteiger partial charge is 0.357 e. The van der Waals surface area contributed by atoms with Crippen LogP contribution in [0.25, 0.3) is 66.2 Å². The van der Waals surface area contributed by atoms with Gasteiger partial charge in [0.15, 0.2) is 0 Å². The van der Waals surface area contributed by atoms with Crippen molar-refractivity contribution in [2.24, 2.45) is 4.99 Å². The Morgan fingerprint density at radius 2 is 1.10 bits per heavy atom. The third kappa shape index (κ3) is 7.08. The predicted octanol–water partition coefficient (Wildman–Crippen LogP) is 15.4. The Hall–Kier alpha value is -7.33. The van der Waals surface area contributed by atoms with Crippen molar-refractivity contribution in [2.45, 2.75) is 65.5 Å². The molecule has 3 aromatic heterocycles. The van der Waals surface area contributed by atoms with Crippen molar-refractivity contribution in [1.82, 2.24) is 14.1 Å². The zero-order valence-corrected chi connectivity index (χ0v) is 42.8. The summed E-state index contributed by atoms with van der Waals surface area (Å²) in [5, 5.41) is 4.59. The molecule has 70 heavy (non-hydrogen) atoms. The molecule has 0 N–H and O–H groups in total. The van der Waals surface area contributed by atoms with Crippen LogP contribution in [0.3, 0.4) is 0 Å². The second-order valence-electron chi connectivity index (χ2n) is 19.7. The fraction of sp³-hybridized carbons (Fsp3) is 0.156. The van der Waals surface area contributed by atoms with Crippen LogP contribution in [0.5, 0.6) is 0 Å². The van der Waals surface area contributed by atoms with E-state index in [4.69, 9.17) is 9.98 Å². The average Bonchev–Trinajstić information content (AvgIpc) is 3.94. The molecule has 0 bridgehead atoms. The van der Waals surface area contributed by atoms with E-state index in [1.165, 1.54) is 49.8 Å². The molecule has 0 unspecified atom stereocenters. The Morgan fingerprint density at radius 3 is 1.74 bits per heavy atom. The van der Waals surface area contributed by atoms with Gasteiger partial charge in [0.25, 0.3) is 0 Å². The molecule has 1 aliphatic heterocycles. The van der Waals surface area contributed by atoms with E-state index in [9.17, 15) is 0 Å². The van der Waals surface area contributed by atoms with Gasteiger partial charge in [0, 0.05) is 34.1 Å². The van der Waals surface area contributed by atoms with Crippen LogP contribution < -0.4 is 4.90 Å². The summed E-state index contributed by atoms with van der Waals surface area (Å²) in [6.07, 6.45) is 1.89. The second kappa shape index (κ2) is 17.3. The van der Waals surface area contributed by atoms with Gasteiger partial charge in [-0.15, -0.1) is 41.3 Å². The predicted molar refractivity (Wildman–Crippen MR) is 288 cm³/mol. The maximum absolute atomic E-state index is 5.95. The van der Waals surface area contributed by atoms with Crippen LogP contribution in [0.4, 0.5) is 5.69 Å². The molecule has 0 spiro atoms. The molecule has 0 saturated carbocycles. The zero-order chi connectivity index (χ0) is 47.2. The molecular weight excluding hydrogens is 1030 g/mol. The van der Waals surface area contributed by atoms with Gasteiger partial charge in [-0.2, -0.15) is 6.07 Å². The van der Waals surface area contributed by atoms with Gasteiger partial charge in [-0.25, -0.2) is 4.98 Å². The SMILES string of the molecule is Cc1ccc2c(c1)c1ccc(-n3c4ccc(C)cc4c4cccnc43)[c-]c1n2-c1[c-]c(C2=NC(C)(C)[C@](C)(C(c3ccccc3)c3ccccc3)N2c2c(C)cccc2C)cc(-c2ccccc2)c1.[Pt+2]. The Kier molecular flexibility index (Phi) is 11.1. The molecule has 0 radical (unpaired) electrons. The topological polar surface area (TPSA) is 38.4 Å². The molecule has 4 heterocycles. The van der Waals surface area contributed by atoms with E-state index in [-0.39, 0.29) is 27.0 Å². The van der Waals surface area contributed by atoms with Crippen molar-refractivity contribution >= 4 is 55.3 Å². The van der Waals surface area contributed by atoms with E-state index in [0.717, 1.165) is 66.9 Å². The van der Waals surface area contributed by atoms with Crippen LogP contribution in [-0.4, -0.2) is 31.0 Å². The van der Waals surface area contributed by atoms with Crippen molar-refractivity contribution in [3.05, 3.63) is 239 Å².